The Morgan fingerprint density at radius 2 is 1.59 bits per heavy atom. The highest BCUT2D eigenvalue weighted by Gasteiger charge is 2.28. The number of hydrogen-bond acceptors (Lipinski definition) is 3. The lowest BCUT2D eigenvalue weighted by Gasteiger charge is -2.33. The van der Waals surface area contributed by atoms with Crippen LogP contribution in [0.15, 0.2) is 47.4 Å². The number of sulfonamides is 1. The number of anilines is 1. The van der Waals surface area contributed by atoms with Crippen molar-refractivity contribution in [1.82, 2.24) is 5.32 Å². The summed E-state index contributed by atoms with van der Waals surface area (Å²) in [6.45, 7) is 12.1. The van der Waals surface area contributed by atoms with E-state index in [1.165, 1.54) is 18.2 Å². The van der Waals surface area contributed by atoms with Crippen molar-refractivity contribution < 1.29 is 13.2 Å². The van der Waals surface area contributed by atoms with Crippen molar-refractivity contribution in [2.45, 2.75) is 58.4 Å². The first-order valence-corrected chi connectivity index (χ1v) is 11.3. The molecule has 5 nitrogen and oxygen atoms in total. The van der Waals surface area contributed by atoms with Crippen LogP contribution in [-0.2, 0) is 10.0 Å². The number of halogens is 1. The molecule has 2 N–H and O–H groups in total. The van der Waals surface area contributed by atoms with Gasteiger partial charge in [-0.2, -0.15) is 0 Å². The van der Waals surface area contributed by atoms with Gasteiger partial charge >= 0.3 is 0 Å². The molecule has 0 aliphatic rings. The Morgan fingerprint density at radius 3 is 2.14 bits per heavy atom. The van der Waals surface area contributed by atoms with Gasteiger partial charge in [0.25, 0.3) is 15.9 Å². The molecule has 0 spiro atoms. The minimum Gasteiger partial charge on any atom is -0.347 e. The summed E-state index contributed by atoms with van der Waals surface area (Å²) in [6, 6.07) is 11.2. The Labute approximate surface area is 178 Å². The fraction of sp³-hybridized carbons (Fsp3) is 0.409. The number of benzene rings is 2. The van der Waals surface area contributed by atoms with Crippen LogP contribution in [0.4, 0.5) is 5.69 Å². The summed E-state index contributed by atoms with van der Waals surface area (Å²) in [5.74, 6) is -0.345. The lowest BCUT2D eigenvalue weighted by molar-refractivity contribution is 0.0891. The summed E-state index contributed by atoms with van der Waals surface area (Å²) in [5.41, 5.74) is 1.26. The Kier molecular flexibility index (Phi) is 6.70. The largest absolute Gasteiger partial charge is 0.347 e. The zero-order valence-corrected chi connectivity index (χ0v) is 19.3. The van der Waals surface area contributed by atoms with Crippen molar-refractivity contribution in [2.24, 2.45) is 5.41 Å². The molecule has 1 amide bonds. The van der Waals surface area contributed by atoms with Crippen LogP contribution >= 0.6 is 11.6 Å². The van der Waals surface area contributed by atoms with Crippen molar-refractivity contribution >= 4 is 33.2 Å². The third kappa shape index (κ3) is 6.75. The molecule has 0 aliphatic carbocycles. The molecule has 2 rings (SSSR count). The number of nitrogens with one attached hydrogen (secondary N) is 2. The van der Waals surface area contributed by atoms with Crippen LogP contribution < -0.4 is 10.0 Å². The van der Waals surface area contributed by atoms with E-state index in [1.807, 2.05) is 20.8 Å². The van der Waals surface area contributed by atoms with E-state index in [1.54, 1.807) is 24.3 Å². The summed E-state index contributed by atoms with van der Waals surface area (Å²) < 4.78 is 28.2. The van der Waals surface area contributed by atoms with Crippen LogP contribution in [0.3, 0.4) is 0 Å². The Balaban J connectivity index is 2.28. The van der Waals surface area contributed by atoms with Gasteiger partial charge in [-0.05, 0) is 62.9 Å². The van der Waals surface area contributed by atoms with Gasteiger partial charge in [0, 0.05) is 16.8 Å². The molecule has 0 heterocycles. The van der Waals surface area contributed by atoms with Gasteiger partial charge in [0.2, 0.25) is 0 Å². The molecule has 158 valence electrons. The molecule has 0 unspecified atom stereocenters. The third-order valence-corrected chi connectivity index (χ3v) is 6.07. The topological polar surface area (TPSA) is 75.3 Å². The maximum atomic E-state index is 12.8. The lowest BCUT2D eigenvalue weighted by atomic mass is 9.81. The number of hydrogen-bond donors (Lipinski definition) is 2. The molecule has 0 aromatic heterocycles. The van der Waals surface area contributed by atoms with E-state index in [-0.39, 0.29) is 26.8 Å². The van der Waals surface area contributed by atoms with Gasteiger partial charge in [-0.3, -0.25) is 9.52 Å². The van der Waals surface area contributed by atoms with Gasteiger partial charge in [-0.15, -0.1) is 0 Å². The molecule has 0 bridgehead atoms. The smallest absolute Gasteiger partial charge is 0.263 e. The molecule has 7 heteroatoms. The normalized spacial score (nSPS) is 12.5. The van der Waals surface area contributed by atoms with Gasteiger partial charge in [-0.1, -0.05) is 50.1 Å². The monoisotopic (exact) mass is 436 g/mol. The van der Waals surface area contributed by atoms with Crippen molar-refractivity contribution in [1.29, 1.82) is 0 Å². The predicted molar refractivity (Wildman–Crippen MR) is 119 cm³/mol. The van der Waals surface area contributed by atoms with E-state index < -0.39 is 15.6 Å². The fourth-order valence-corrected chi connectivity index (χ4v) is 5.02. The second kappa shape index (κ2) is 8.36. The molecule has 0 radical (unpaired) electrons. The Hall–Kier alpha value is -2.05. The number of rotatable bonds is 6. The molecule has 0 saturated heterocycles. The van der Waals surface area contributed by atoms with Gasteiger partial charge < -0.3 is 5.32 Å². The summed E-state index contributed by atoms with van der Waals surface area (Å²) in [5, 5.41) is 3.04. The number of aryl methyl sites for hydroxylation is 1. The maximum absolute atomic E-state index is 12.8. The highest BCUT2D eigenvalue weighted by Crippen LogP contribution is 2.28. The van der Waals surface area contributed by atoms with Crippen LogP contribution in [0.2, 0.25) is 5.02 Å². The molecule has 2 aromatic carbocycles. The van der Waals surface area contributed by atoms with E-state index in [2.05, 4.69) is 30.8 Å². The summed E-state index contributed by atoms with van der Waals surface area (Å²) in [6.07, 6.45) is 0.763. The molecule has 29 heavy (non-hydrogen) atoms. The van der Waals surface area contributed by atoms with Crippen molar-refractivity contribution in [3.63, 3.8) is 0 Å². The Bertz CT molecular complexity index is 992. The maximum Gasteiger partial charge on any atom is 0.263 e. The van der Waals surface area contributed by atoms with E-state index in [0.29, 0.717) is 5.69 Å². The van der Waals surface area contributed by atoms with E-state index in [9.17, 15) is 13.2 Å². The molecular formula is C22H29ClN2O3S. The first kappa shape index (κ1) is 23.2. The van der Waals surface area contributed by atoms with Crippen LogP contribution in [0, 0.1) is 12.3 Å². The van der Waals surface area contributed by atoms with Crippen molar-refractivity contribution in [3.8, 4) is 0 Å². The number of carbonyl (C=O) groups is 1. The number of carbonyl (C=O) groups excluding carboxylic acids is 1. The molecule has 0 saturated carbocycles. The molecule has 0 aliphatic heterocycles. The minimum atomic E-state index is -3.95. The van der Waals surface area contributed by atoms with Crippen LogP contribution in [-0.4, -0.2) is 19.9 Å². The van der Waals surface area contributed by atoms with E-state index >= 15 is 0 Å². The van der Waals surface area contributed by atoms with E-state index in [4.69, 9.17) is 11.6 Å². The van der Waals surface area contributed by atoms with Crippen LogP contribution in [0.5, 0.6) is 0 Å². The Morgan fingerprint density at radius 1 is 1.00 bits per heavy atom. The highest BCUT2D eigenvalue weighted by atomic mass is 35.5. The first-order chi connectivity index (χ1) is 13.2. The lowest BCUT2D eigenvalue weighted by Crippen LogP contribution is -2.45. The van der Waals surface area contributed by atoms with Gasteiger partial charge in [0.15, 0.2) is 0 Å². The van der Waals surface area contributed by atoms with Gasteiger partial charge in [0.1, 0.15) is 4.90 Å². The average molecular weight is 437 g/mol. The SMILES string of the molecule is Cc1ccc(NS(=O)(=O)c2cc(C(=O)NC(C)(C)CC(C)(C)C)ccc2Cl)cc1. The zero-order valence-electron chi connectivity index (χ0n) is 17.8. The third-order valence-electron chi connectivity index (χ3n) is 4.21. The van der Waals surface area contributed by atoms with Crippen molar-refractivity contribution in [3.05, 3.63) is 58.6 Å². The zero-order chi connectivity index (χ0) is 22.0. The van der Waals surface area contributed by atoms with Gasteiger partial charge in [-0.25, -0.2) is 8.42 Å². The first-order valence-electron chi connectivity index (χ1n) is 9.40. The predicted octanol–water partition coefficient (Wildman–Crippen LogP) is 5.39. The fourth-order valence-electron chi connectivity index (χ4n) is 3.43. The molecular weight excluding hydrogens is 408 g/mol. The molecule has 0 atom stereocenters. The second-order valence-electron chi connectivity index (χ2n) is 9.19. The van der Waals surface area contributed by atoms with Crippen molar-refractivity contribution in [2.75, 3.05) is 4.72 Å². The second-order valence-corrected chi connectivity index (χ2v) is 11.3. The minimum absolute atomic E-state index is 0.0310. The van der Waals surface area contributed by atoms with E-state index in [0.717, 1.165) is 12.0 Å². The standard InChI is InChI=1S/C22H29ClN2O3S/c1-15-7-10-17(11-8-15)25-29(27,28)19-13-16(9-12-18(19)23)20(26)24-22(5,6)14-21(2,3)4/h7-13,25H,14H2,1-6H3,(H,24,26). The summed E-state index contributed by atoms with van der Waals surface area (Å²) >= 11 is 6.15. The molecule has 2 aromatic rings. The van der Waals surface area contributed by atoms with Crippen LogP contribution in [0.1, 0.15) is 57.0 Å². The highest BCUT2D eigenvalue weighted by molar-refractivity contribution is 7.92. The number of amides is 1. The quantitative estimate of drug-likeness (QED) is 0.637. The molecule has 0 fully saturated rings. The average Bonchev–Trinajstić information content (AvgIpc) is 2.54. The summed E-state index contributed by atoms with van der Waals surface area (Å²) in [4.78, 5) is 12.6. The summed E-state index contributed by atoms with van der Waals surface area (Å²) in [7, 11) is -3.95. The van der Waals surface area contributed by atoms with Crippen LogP contribution in [0.25, 0.3) is 0 Å². The van der Waals surface area contributed by atoms with Gasteiger partial charge in [0.05, 0.1) is 5.02 Å².